The fourth-order valence-corrected chi connectivity index (χ4v) is 5.54. The maximum Gasteiger partial charge on any atom is 0.469 e. The fourth-order valence-electron chi connectivity index (χ4n) is 5.18. The van der Waals surface area contributed by atoms with Gasteiger partial charge in [-0.1, -0.05) is 140 Å². The van der Waals surface area contributed by atoms with E-state index in [0.717, 1.165) is 63.7 Å². The molecule has 9 nitrogen and oxygen atoms in total. The first-order valence-electron chi connectivity index (χ1n) is 19.4. The first-order valence-corrected chi connectivity index (χ1v) is 20.9. The van der Waals surface area contributed by atoms with Crippen molar-refractivity contribution in [1.29, 1.82) is 0 Å². The van der Waals surface area contributed by atoms with Crippen molar-refractivity contribution in [1.82, 2.24) is 0 Å². The van der Waals surface area contributed by atoms with Crippen LogP contribution < -0.4 is 0 Å². The fraction of sp³-hybridized carbons (Fsp3) is 0.750. The Morgan fingerprint density at radius 3 is 1.56 bits per heavy atom. The molecule has 0 aromatic rings. The Morgan fingerprint density at radius 1 is 0.580 bits per heavy atom. The van der Waals surface area contributed by atoms with Gasteiger partial charge < -0.3 is 24.4 Å². The Hall–Kier alpha value is -2.03. The molecule has 0 fully saturated rings. The normalized spacial score (nSPS) is 13.1. The second-order valence-electron chi connectivity index (χ2n) is 13.5. The molecule has 50 heavy (non-hydrogen) atoms. The molecular weight excluding hydrogens is 655 g/mol. The molecule has 0 aliphatic carbocycles. The van der Waals surface area contributed by atoms with Crippen LogP contribution >= 0.6 is 7.82 Å². The molecule has 3 N–H and O–H groups in total. The van der Waals surface area contributed by atoms with Crippen LogP contribution in [-0.4, -0.2) is 52.8 Å². The molecule has 290 valence electrons. The summed E-state index contributed by atoms with van der Waals surface area (Å²) in [6.07, 6.45) is 38.6. The number of phosphoric acid groups is 1. The molecule has 0 unspecified atom stereocenters. The second kappa shape index (κ2) is 35.4. The Kier molecular flexibility index (Phi) is 33.9. The van der Waals surface area contributed by atoms with E-state index in [4.69, 9.17) is 24.4 Å². The average molecular weight is 727 g/mol. The highest BCUT2D eigenvalue weighted by Gasteiger charge is 2.22. The molecule has 0 rings (SSSR count). The Morgan fingerprint density at radius 2 is 1.04 bits per heavy atom. The number of unbranched alkanes of at least 4 members (excludes halogenated alkanes) is 14. The summed E-state index contributed by atoms with van der Waals surface area (Å²) < 4.78 is 26.3. The summed E-state index contributed by atoms with van der Waals surface area (Å²) >= 11 is 0. The second-order valence-corrected chi connectivity index (χ2v) is 14.7. The zero-order valence-corrected chi connectivity index (χ0v) is 32.3. The highest BCUT2D eigenvalue weighted by Crippen LogP contribution is 2.36. The van der Waals surface area contributed by atoms with Gasteiger partial charge in [0.1, 0.15) is 6.61 Å². The Labute approximate surface area is 304 Å². The summed E-state index contributed by atoms with van der Waals surface area (Å²) in [5, 5.41) is 8.77. The van der Waals surface area contributed by atoms with Crippen LogP contribution in [0.1, 0.15) is 162 Å². The maximum absolute atomic E-state index is 12.3. The van der Waals surface area contributed by atoms with E-state index in [1.807, 2.05) is 12.2 Å². The predicted octanol–water partition coefficient (Wildman–Crippen LogP) is 10.4. The van der Waals surface area contributed by atoms with Gasteiger partial charge in [-0.3, -0.25) is 14.1 Å². The number of rotatable bonds is 35. The van der Waals surface area contributed by atoms with Crippen LogP contribution in [0, 0.1) is 5.92 Å². The average Bonchev–Trinajstić information content (AvgIpc) is 3.07. The van der Waals surface area contributed by atoms with Crippen LogP contribution in [0.4, 0.5) is 0 Å². The van der Waals surface area contributed by atoms with Crippen molar-refractivity contribution >= 4 is 19.8 Å². The van der Waals surface area contributed by atoms with E-state index in [9.17, 15) is 14.2 Å². The maximum atomic E-state index is 12.3. The lowest BCUT2D eigenvalue weighted by Gasteiger charge is -2.18. The molecule has 1 atom stereocenters. The number of aliphatic hydroxyl groups excluding tert-OH is 1. The van der Waals surface area contributed by atoms with Gasteiger partial charge in [0.25, 0.3) is 0 Å². The third-order valence-corrected chi connectivity index (χ3v) is 8.57. The highest BCUT2D eigenvalue weighted by molar-refractivity contribution is 7.46. The van der Waals surface area contributed by atoms with E-state index < -0.39 is 32.5 Å². The van der Waals surface area contributed by atoms with Gasteiger partial charge >= 0.3 is 19.8 Å². The molecule has 0 saturated carbocycles. The molecule has 10 heteroatoms. The van der Waals surface area contributed by atoms with Crippen molar-refractivity contribution in [2.24, 2.45) is 5.92 Å². The Bertz CT molecular complexity index is 968. The lowest BCUT2D eigenvalue weighted by Crippen LogP contribution is -2.29. The number of carbonyl (C=O) groups excluding carboxylic acids is 2. The predicted molar refractivity (Wildman–Crippen MR) is 204 cm³/mol. The number of ether oxygens (including phenoxy) is 2. The van der Waals surface area contributed by atoms with Crippen molar-refractivity contribution in [2.45, 2.75) is 168 Å². The van der Waals surface area contributed by atoms with Crippen molar-refractivity contribution in [3.05, 3.63) is 48.6 Å². The monoisotopic (exact) mass is 726 g/mol. The number of hydrogen-bond donors (Lipinski definition) is 3. The van der Waals surface area contributed by atoms with Crippen molar-refractivity contribution in [3.63, 3.8) is 0 Å². The molecule has 0 heterocycles. The van der Waals surface area contributed by atoms with Gasteiger partial charge in [0.2, 0.25) is 0 Å². The standard InChI is InChI=1S/C40H71O9P/c1-37(2)31-27-23-19-15-11-10-13-16-20-24-28-32-39(42)47-35-38(36-48-50(44,45)46)49-40(43)33-29-25-21-17-12-8-6-4-3-5-7-9-14-18-22-26-30-34-41/h3,5-6,8-9,14,17,21,37-38,41H,4,7,10-13,15-16,18-20,22-36H2,1-2H3,(H2,44,45,46)/b5-3-,8-6-,14-9-,21-17-/t38-/m1/s1. The number of esters is 2. The van der Waals surface area contributed by atoms with Crippen molar-refractivity contribution < 1.29 is 43.0 Å². The lowest BCUT2D eigenvalue weighted by atomic mass is 10.0. The molecule has 0 radical (unpaired) electrons. The van der Waals surface area contributed by atoms with Gasteiger partial charge in [0.05, 0.1) is 6.61 Å². The van der Waals surface area contributed by atoms with Gasteiger partial charge in [-0.2, -0.15) is 0 Å². The Balaban J connectivity index is 4.06. The summed E-state index contributed by atoms with van der Waals surface area (Å²) in [7, 11) is -4.77. The van der Waals surface area contributed by atoms with E-state index in [-0.39, 0.29) is 26.1 Å². The first kappa shape index (κ1) is 48.0. The third-order valence-electron chi connectivity index (χ3n) is 8.08. The van der Waals surface area contributed by atoms with E-state index in [2.05, 4.69) is 54.8 Å². The number of allylic oxidation sites excluding steroid dienone is 8. The van der Waals surface area contributed by atoms with Crippen LogP contribution in [-0.2, 0) is 28.2 Å². The van der Waals surface area contributed by atoms with Gasteiger partial charge in [-0.05, 0) is 63.7 Å². The minimum Gasteiger partial charge on any atom is -0.462 e. The summed E-state index contributed by atoms with van der Waals surface area (Å²) in [6.45, 7) is 3.96. The molecule has 0 amide bonds. The van der Waals surface area contributed by atoms with Gasteiger partial charge in [0, 0.05) is 19.4 Å². The lowest BCUT2D eigenvalue weighted by molar-refractivity contribution is -0.161. The minimum atomic E-state index is -4.77. The molecule has 0 saturated heterocycles. The zero-order valence-electron chi connectivity index (χ0n) is 31.4. The van der Waals surface area contributed by atoms with Gasteiger partial charge in [-0.25, -0.2) is 4.57 Å². The van der Waals surface area contributed by atoms with E-state index in [1.165, 1.54) is 57.8 Å². The molecule has 0 aromatic heterocycles. The minimum absolute atomic E-state index is 0.126. The van der Waals surface area contributed by atoms with Gasteiger partial charge in [0.15, 0.2) is 6.10 Å². The number of hydrogen-bond acceptors (Lipinski definition) is 7. The van der Waals surface area contributed by atoms with Crippen LogP contribution in [0.3, 0.4) is 0 Å². The summed E-state index contributed by atoms with van der Waals surface area (Å²) in [6, 6.07) is 0. The number of aliphatic hydroxyl groups is 1. The topological polar surface area (TPSA) is 140 Å². The molecular formula is C40H71O9P. The van der Waals surface area contributed by atoms with Crippen LogP contribution in [0.2, 0.25) is 0 Å². The molecule has 0 bridgehead atoms. The summed E-state index contributed by atoms with van der Waals surface area (Å²) in [5.41, 5.74) is 0. The number of phosphoric ester groups is 1. The van der Waals surface area contributed by atoms with E-state index >= 15 is 0 Å². The highest BCUT2D eigenvalue weighted by atomic mass is 31.2. The van der Waals surface area contributed by atoms with Crippen LogP contribution in [0.5, 0.6) is 0 Å². The SMILES string of the molecule is CC(C)CCCCCCCCCCCCCC(=O)OC[C@H](COP(=O)(O)O)OC(=O)CCC/C=C\C/C=C\C/C=C\C/C=C\CCCCCO. The first-order chi connectivity index (χ1) is 24.1. The van der Waals surface area contributed by atoms with Crippen molar-refractivity contribution in [3.8, 4) is 0 Å². The number of carbonyl (C=O) groups is 2. The largest absolute Gasteiger partial charge is 0.469 e. The third kappa shape index (κ3) is 38.8. The molecule has 0 spiro atoms. The smallest absolute Gasteiger partial charge is 0.462 e. The summed E-state index contributed by atoms with van der Waals surface area (Å²) in [4.78, 5) is 42.7. The molecule has 0 aliphatic rings. The molecule has 0 aliphatic heterocycles. The quantitative estimate of drug-likeness (QED) is 0.0252. The van der Waals surface area contributed by atoms with Crippen molar-refractivity contribution in [2.75, 3.05) is 19.8 Å². The zero-order chi connectivity index (χ0) is 37.0. The van der Waals surface area contributed by atoms with E-state index in [0.29, 0.717) is 19.3 Å². The molecule has 0 aromatic carbocycles. The van der Waals surface area contributed by atoms with E-state index in [1.54, 1.807) is 0 Å². The van der Waals surface area contributed by atoms with Gasteiger partial charge in [-0.15, -0.1) is 0 Å². The van der Waals surface area contributed by atoms with Crippen LogP contribution in [0.25, 0.3) is 0 Å². The summed E-state index contributed by atoms with van der Waals surface area (Å²) in [5.74, 6) is -0.161. The van der Waals surface area contributed by atoms with Crippen LogP contribution in [0.15, 0.2) is 48.6 Å².